The Morgan fingerprint density at radius 2 is 1.90 bits per heavy atom. The monoisotopic (exact) mass is 281 g/mol. The summed E-state index contributed by atoms with van der Waals surface area (Å²) in [6, 6.07) is 15.5. The highest BCUT2D eigenvalue weighted by Crippen LogP contribution is 2.27. The second-order valence-corrected chi connectivity index (χ2v) is 5.15. The Bertz CT molecular complexity index is 774. The molecule has 1 heterocycles. The minimum Gasteiger partial charge on any atom is -0.504 e. The zero-order chi connectivity index (χ0) is 14.8. The summed E-state index contributed by atoms with van der Waals surface area (Å²) in [5.41, 5.74) is 3.64. The molecule has 0 saturated carbocycles. The number of hydrogen-bond acceptors (Lipinski definition) is 2. The topological polar surface area (TPSA) is 34.4 Å². The van der Waals surface area contributed by atoms with Crippen LogP contribution in [-0.2, 0) is 13.2 Å². The lowest BCUT2D eigenvalue weighted by atomic mass is 10.2. The van der Waals surface area contributed by atoms with E-state index in [4.69, 9.17) is 4.74 Å². The predicted molar refractivity (Wildman–Crippen MR) is 84.8 cm³/mol. The molecule has 108 valence electrons. The molecule has 0 radical (unpaired) electrons. The van der Waals surface area contributed by atoms with E-state index in [1.165, 1.54) is 16.5 Å². The molecule has 0 amide bonds. The average molecular weight is 281 g/mol. The highest BCUT2D eigenvalue weighted by molar-refractivity contribution is 5.84. The number of aromatic hydroxyl groups is 1. The van der Waals surface area contributed by atoms with E-state index in [1.54, 1.807) is 18.2 Å². The van der Waals surface area contributed by atoms with Gasteiger partial charge in [0.1, 0.15) is 6.61 Å². The number of aryl methyl sites for hydroxylation is 2. The summed E-state index contributed by atoms with van der Waals surface area (Å²) in [6.45, 7) is 5.60. The molecule has 0 unspecified atom stereocenters. The molecular formula is C18H19NO2. The van der Waals surface area contributed by atoms with Crippen LogP contribution in [0.5, 0.6) is 11.5 Å². The number of hydrogen-bond donors (Lipinski definition) is 1. The number of aromatic nitrogens is 1. The summed E-state index contributed by atoms with van der Waals surface area (Å²) < 4.78 is 8.03. The molecular weight excluding hydrogens is 262 g/mol. The number of phenols is 1. The molecule has 0 aliphatic carbocycles. The normalized spacial score (nSPS) is 11.0. The Kier molecular flexibility index (Phi) is 3.57. The predicted octanol–water partition coefficient (Wildman–Crippen LogP) is 4.25. The van der Waals surface area contributed by atoms with Crippen LogP contribution in [-0.4, -0.2) is 9.67 Å². The first-order valence-corrected chi connectivity index (χ1v) is 7.19. The van der Waals surface area contributed by atoms with E-state index in [-0.39, 0.29) is 5.75 Å². The fourth-order valence-electron chi connectivity index (χ4n) is 2.78. The van der Waals surface area contributed by atoms with Crippen LogP contribution in [0.3, 0.4) is 0 Å². The molecule has 3 heteroatoms. The maximum Gasteiger partial charge on any atom is 0.161 e. The number of nitrogens with zero attached hydrogens (tertiary/aromatic N) is 1. The van der Waals surface area contributed by atoms with E-state index in [0.29, 0.717) is 12.4 Å². The zero-order valence-electron chi connectivity index (χ0n) is 12.3. The van der Waals surface area contributed by atoms with Gasteiger partial charge in [0.2, 0.25) is 0 Å². The van der Waals surface area contributed by atoms with Crippen molar-refractivity contribution in [2.75, 3.05) is 0 Å². The Morgan fingerprint density at radius 1 is 1.10 bits per heavy atom. The van der Waals surface area contributed by atoms with Crippen molar-refractivity contribution in [1.82, 2.24) is 4.57 Å². The molecule has 0 fully saturated rings. The molecule has 3 rings (SSSR count). The Labute approximate surface area is 124 Å². The van der Waals surface area contributed by atoms with Crippen LogP contribution in [0.2, 0.25) is 0 Å². The lowest BCUT2D eigenvalue weighted by Crippen LogP contribution is -2.05. The number of rotatable bonds is 4. The van der Waals surface area contributed by atoms with Crippen molar-refractivity contribution in [1.29, 1.82) is 0 Å². The van der Waals surface area contributed by atoms with Crippen LogP contribution in [0, 0.1) is 6.92 Å². The molecule has 0 spiro atoms. The number of phenolic OH excluding ortho intramolecular Hbond substituents is 1. The lowest BCUT2D eigenvalue weighted by molar-refractivity contribution is 0.280. The zero-order valence-corrected chi connectivity index (χ0v) is 12.3. The second-order valence-electron chi connectivity index (χ2n) is 5.15. The fourth-order valence-corrected chi connectivity index (χ4v) is 2.78. The molecule has 0 aliphatic heterocycles. The van der Waals surface area contributed by atoms with Gasteiger partial charge in [-0.05, 0) is 37.6 Å². The smallest absolute Gasteiger partial charge is 0.161 e. The van der Waals surface area contributed by atoms with Crippen LogP contribution in [0.4, 0.5) is 0 Å². The maximum atomic E-state index is 9.77. The van der Waals surface area contributed by atoms with Crippen molar-refractivity contribution >= 4 is 10.9 Å². The van der Waals surface area contributed by atoms with Crippen molar-refractivity contribution in [3.05, 3.63) is 59.8 Å². The van der Waals surface area contributed by atoms with Gasteiger partial charge in [-0.25, -0.2) is 0 Å². The quantitative estimate of drug-likeness (QED) is 0.775. The number of fused-ring (bicyclic) bond motifs is 1. The van der Waals surface area contributed by atoms with Gasteiger partial charge in [0, 0.05) is 11.9 Å². The summed E-state index contributed by atoms with van der Waals surface area (Å²) in [5.74, 6) is 0.690. The van der Waals surface area contributed by atoms with Crippen LogP contribution in [0.1, 0.15) is 18.2 Å². The molecule has 3 nitrogen and oxygen atoms in total. The largest absolute Gasteiger partial charge is 0.504 e. The van der Waals surface area contributed by atoms with Gasteiger partial charge in [0.05, 0.1) is 11.2 Å². The fraction of sp³-hybridized carbons (Fsp3) is 0.222. The summed E-state index contributed by atoms with van der Waals surface area (Å²) >= 11 is 0. The lowest BCUT2D eigenvalue weighted by Gasteiger charge is -2.11. The number of benzene rings is 2. The van der Waals surface area contributed by atoms with Crippen molar-refractivity contribution in [2.24, 2.45) is 0 Å². The van der Waals surface area contributed by atoms with Crippen molar-refractivity contribution < 1.29 is 9.84 Å². The second kappa shape index (κ2) is 5.52. The van der Waals surface area contributed by atoms with Crippen molar-refractivity contribution in [2.45, 2.75) is 27.0 Å². The summed E-state index contributed by atoms with van der Waals surface area (Å²) in [5, 5.41) is 11.0. The van der Waals surface area contributed by atoms with E-state index in [1.807, 2.05) is 6.07 Å². The van der Waals surface area contributed by atoms with E-state index in [2.05, 4.69) is 42.7 Å². The molecule has 0 aliphatic rings. The Hall–Kier alpha value is -2.42. The van der Waals surface area contributed by atoms with Crippen molar-refractivity contribution in [3.8, 4) is 11.5 Å². The molecule has 0 atom stereocenters. The summed E-state index contributed by atoms with van der Waals surface area (Å²) in [7, 11) is 0. The van der Waals surface area contributed by atoms with Crippen molar-refractivity contribution in [3.63, 3.8) is 0 Å². The third-order valence-electron chi connectivity index (χ3n) is 3.76. The van der Waals surface area contributed by atoms with Gasteiger partial charge in [0.25, 0.3) is 0 Å². The standard InChI is InChI=1S/C18H19NO2/c1-3-19-15(11-14-8-6-7-13(2)18(14)19)12-21-17-10-5-4-9-16(17)20/h4-11,20H,3,12H2,1-2H3. The minimum atomic E-state index is 0.174. The van der Waals surface area contributed by atoms with Crippen LogP contribution in [0.15, 0.2) is 48.5 Å². The highest BCUT2D eigenvalue weighted by atomic mass is 16.5. The number of ether oxygens (including phenoxy) is 1. The molecule has 1 N–H and O–H groups in total. The van der Waals surface area contributed by atoms with Gasteiger partial charge in [-0.2, -0.15) is 0 Å². The molecule has 0 bridgehead atoms. The minimum absolute atomic E-state index is 0.174. The Morgan fingerprint density at radius 3 is 2.67 bits per heavy atom. The SMILES string of the molecule is CCn1c(COc2ccccc2O)cc2cccc(C)c21. The van der Waals surface area contributed by atoms with E-state index in [0.717, 1.165) is 12.2 Å². The molecule has 21 heavy (non-hydrogen) atoms. The number of para-hydroxylation sites is 3. The van der Waals surface area contributed by atoms with Crippen LogP contribution >= 0.6 is 0 Å². The van der Waals surface area contributed by atoms with Gasteiger partial charge in [-0.3, -0.25) is 0 Å². The third-order valence-corrected chi connectivity index (χ3v) is 3.76. The van der Waals surface area contributed by atoms with Gasteiger partial charge in [-0.1, -0.05) is 30.3 Å². The highest BCUT2D eigenvalue weighted by Gasteiger charge is 2.10. The molecule has 3 aromatic rings. The van der Waals surface area contributed by atoms with Crippen LogP contribution in [0.25, 0.3) is 10.9 Å². The molecule has 1 aromatic heterocycles. The van der Waals surface area contributed by atoms with Crippen LogP contribution < -0.4 is 4.74 Å². The maximum absolute atomic E-state index is 9.77. The molecule has 2 aromatic carbocycles. The summed E-state index contributed by atoms with van der Waals surface area (Å²) in [6.07, 6.45) is 0. The van der Waals surface area contributed by atoms with E-state index < -0.39 is 0 Å². The first kappa shape index (κ1) is 13.6. The van der Waals surface area contributed by atoms with Gasteiger partial charge < -0.3 is 14.4 Å². The average Bonchev–Trinajstić information content (AvgIpc) is 2.85. The van der Waals surface area contributed by atoms with Gasteiger partial charge in [-0.15, -0.1) is 0 Å². The van der Waals surface area contributed by atoms with E-state index in [9.17, 15) is 5.11 Å². The van der Waals surface area contributed by atoms with Gasteiger partial charge >= 0.3 is 0 Å². The Balaban J connectivity index is 1.94. The first-order valence-electron chi connectivity index (χ1n) is 7.19. The van der Waals surface area contributed by atoms with Gasteiger partial charge in [0.15, 0.2) is 11.5 Å². The van der Waals surface area contributed by atoms with E-state index >= 15 is 0 Å². The first-order chi connectivity index (χ1) is 10.2. The summed E-state index contributed by atoms with van der Waals surface area (Å²) in [4.78, 5) is 0. The third kappa shape index (κ3) is 2.47. The molecule has 0 saturated heterocycles.